The van der Waals surface area contributed by atoms with Crippen molar-refractivity contribution in [2.45, 2.75) is 12.8 Å². The van der Waals surface area contributed by atoms with E-state index in [1.165, 1.54) is 9.80 Å². The second kappa shape index (κ2) is 7.28. The van der Waals surface area contributed by atoms with Crippen molar-refractivity contribution < 1.29 is 23.9 Å². The molecule has 2 aromatic rings. The van der Waals surface area contributed by atoms with Gasteiger partial charge in [-0.3, -0.25) is 29.0 Å². The lowest BCUT2D eigenvalue weighted by atomic mass is 9.85. The molecule has 6 aliphatic rings. The molecule has 2 saturated heterocycles. The summed E-state index contributed by atoms with van der Waals surface area (Å²) in [5, 5.41) is 0. The zero-order valence-corrected chi connectivity index (χ0v) is 19.9. The van der Waals surface area contributed by atoms with Gasteiger partial charge in [-0.1, -0.05) is 24.3 Å². The van der Waals surface area contributed by atoms with Gasteiger partial charge in [0.1, 0.15) is 11.5 Å². The Morgan fingerprint density at radius 2 is 0.784 bits per heavy atom. The number of anilines is 2. The minimum Gasteiger partial charge on any atom is -0.457 e. The van der Waals surface area contributed by atoms with E-state index >= 15 is 0 Å². The third-order valence-electron chi connectivity index (χ3n) is 9.37. The Hall–Kier alpha value is -4.00. The molecule has 0 radical (unpaired) electrons. The highest BCUT2D eigenvalue weighted by atomic mass is 16.5. The molecule has 0 aromatic heterocycles. The Labute approximate surface area is 213 Å². The van der Waals surface area contributed by atoms with Gasteiger partial charge in [-0.25, -0.2) is 0 Å². The summed E-state index contributed by atoms with van der Waals surface area (Å²) in [5.74, 6) is 0.531. The summed E-state index contributed by atoms with van der Waals surface area (Å²) < 4.78 is 5.96. The van der Waals surface area contributed by atoms with Crippen molar-refractivity contribution in [1.82, 2.24) is 0 Å². The van der Waals surface area contributed by atoms with Gasteiger partial charge in [0.05, 0.1) is 35.0 Å². The van der Waals surface area contributed by atoms with Gasteiger partial charge >= 0.3 is 0 Å². The van der Waals surface area contributed by atoms with Crippen LogP contribution in [0.4, 0.5) is 11.4 Å². The number of ether oxygens (including phenoxy) is 1. The Balaban J connectivity index is 0.973. The third-order valence-corrected chi connectivity index (χ3v) is 9.37. The topological polar surface area (TPSA) is 84.0 Å². The number of rotatable bonds is 4. The molecule has 0 N–H and O–H groups in total. The van der Waals surface area contributed by atoms with Gasteiger partial charge in [0, 0.05) is 0 Å². The molecule has 7 heteroatoms. The summed E-state index contributed by atoms with van der Waals surface area (Å²) >= 11 is 0. The Kier molecular flexibility index (Phi) is 4.15. The van der Waals surface area contributed by atoms with Crippen LogP contribution in [-0.2, 0) is 19.2 Å². The van der Waals surface area contributed by atoms with Crippen molar-refractivity contribution >= 4 is 35.0 Å². The highest BCUT2D eigenvalue weighted by Gasteiger charge is 2.60. The number of carbonyl (C=O) groups excluding carboxylic acids is 4. The van der Waals surface area contributed by atoms with Crippen molar-refractivity contribution in [3.8, 4) is 11.5 Å². The van der Waals surface area contributed by atoms with Crippen molar-refractivity contribution in [2.24, 2.45) is 47.3 Å². The molecule has 8 atom stereocenters. The molecular formula is C30H24N2O5. The van der Waals surface area contributed by atoms with E-state index in [1.54, 1.807) is 48.5 Å². The second-order valence-electron chi connectivity index (χ2n) is 11.1. The predicted molar refractivity (Wildman–Crippen MR) is 133 cm³/mol. The molecule has 0 spiro atoms. The average Bonchev–Trinajstić information content (AvgIpc) is 3.74. The van der Waals surface area contributed by atoms with Crippen LogP contribution in [0.15, 0.2) is 72.8 Å². The number of benzene rings is 2. The largest absolute Gasteiger partial charge is 0.457 e. The molecule has 184 valence electrons. The number of fused-ring (bicyclic) bond motifs is 10. The molecule has 8 rings (SSSR count). The van der Waals surface area contributed by atoms with E-state index in [4.69, 9.17) is 4.74 Å². The Morgan fingerprint density at radius 1 is 0.486 bits per heavy atom. The molecule has 2 aliphatic heterocycles. The van der Waals surface area contributed by atoms with Crippen LogP contribution >= 0.6 is 0 Å². The highest BCUT2D eigenvalue weighted by molar-refractivity contribution is 6.23. The van der Waals surface area contributed by atoms with E-state index in [0.29, 0.717) is 22.9 Å². The second-order valence-corrected chi connectivity index (χ2v) is 11.1. The van der Waals surface area contributed by atoms with E-state index in [0.717, 1.165) is 12.8 Å². The average molecular weight is 493 g/mol. The van der Waals surface area contributed by atoms with E-state index in [1.807, 2.05) is 0 Å². The lowest BCUT2D eigenvalue weighted by molar-refractivity contribution is -0.124. The zero-order chi connectivity index (χ0) is 25.0. The fraction of sp³-hybridized carbons (Fsp3) is 0.333. The standard InChI is InChI=1S/C30H24N2O5/c33-27-23-15-1-2-16(13-15)24(23)28(34)31(27)19-5-9-21(10-6-19)37-22-11-7-20(8-12-22)32-29(35)25-17-3-4-18(14-17)26(25)30(32)36/h1-12,15-18,23-26H,13-14H2/t15-,16-,17-,18-,23+,24+,25+,26+/m0/s1. The van der Waals surface area contributed by atoms with Gasteiger partial charge < -0.3 is 4.74 Å². The summed E-state index contributed by atoms with van der Waals surface area (Å²) in [6, 6.07) is 13.9. The summed E-state index contributed by atoms with van der Waals surface area (Å²) in [5.41, 5.74) is 1.12. The molecule has 4 fully saturated rings. The number of imide groups is 2. The quantitative estimate of drug-likeness (QED) is 0.474. The maximum atomic E-state index is 13.0. The molecule has 2 saturated carbocycles. The smallest absolute Gasteiger partial charge is 0.238 e. The Morgan fingerprint density at radius 3 is 1.08 bits per heavy atom. The summed E-state index contributed by atoms with van der Waals surface area (Å²) in [6.45, 7) is 0. The molecule has 2 heterocycles. The van der Waals surface area contributed by atoms with Crippen LogP contribution in [0.2, 0.25) is 0 Å². The summed E-state index contributed by atoms with van der Waals surface area (Å²) in [6.07, 6.45) is 10.2. The third kappa shape index (κ3) is 2.77. The molecule has 2 aromatic carbocycles. The van der Waals surface area contributed by atoms with Crippen LogP contribution in [0.3, 0.4) is 0 Å². The number of hydrogen-bond acceptors (Lipinski definition) is 5. The first-order valence-electron chi connectivity index (χ1n) is 13.0. The first kappa shape index (κ1) is 21.1. The molecular weight excluding hydrogens is 468 g/mol. The van der Waals surface area contributed by atoms with Crippen molar-refractivity contribution in [2.75, 3.05) is 9.80 Å². The SMILES string of the molecule is O=C1[C@H]2[C@H](C(=O)N1c1ccc(Oc3ccc(N4C(=O)[C@H]5[C@H](C4=O)[C@H]4C=C[C@H]5C4)cc3)cc1)[C@H]1C=C[C@H]2C1. The van der Waals surface area contributed by atoms with E-state index in [2.05, 4.69) is 24.3 Å². The number of nitrogens with zero attached hydrogens (tertiary/aromatic N) is 2. The fourth-order valence-corrected chi connectivity index (χ4v) is 7.78. The number of allylic oxidation sites excluding steroid dienone is 4. The molecule has 7 nitrogen and oxygen atoms in total. The van der Waals surface area contributed by atoms with Gasteiger partial charge in [-0.2, -0.15) is 0 Å². The molecule has 4 aliphatic carbocycles. The highest BCUT2D eigenvalue weighted by Crippen LogP contribution is 2.54. The van der Waals surface area contributed by atoms with E-state index in [9.17, 15) is 19.2 Å². The van der Waals surface area contributed by atoms with Gasteiger partial charge in [0.2, 0.25) is 23.6 Å². The molecule has 4 bridgehead atoms. The first-order chi connectivity index (χ1) is 18.0. The van der Waals surface area contributed by atoms with E-state index in [-0.39, 0.29) is 71.0 Å². The van der Waals surface area contributed by atoms with Crippen LogP contribution < -0.4 is 14.5 Å². The fourth-order valence-electron chi connectivity index (χ4n) is 7.78. The predicted octanol–water partition coefficient (Wildman–Crippen LogP) is 4.10. The zero-order valence-electron chi connectivity index (χ0n) is 19.9. The van der Waals surface area contributed by atoms with Crippen LogP contribution in [0.25, 0.3) is 0 Å². The van der Waals surface area contributed by atoms with Gasteiger partial charge in [-0.05, 0) is 85.0 Å². The normalized spacial score (nSPS) is 36.3. The molecule has 37 heavy (non-hydrogen) atoms. The van der Waals surface area contributed by atoms with Crippen molar-refractivity contribution in [1.29, 1.82) is 0 Å². The maximum absolute atomic E-state index is 13.0. The first-order valence-corrected chi connectivity index (χ1v) is 13.0. The summed E-state index contributed by atoms with van der Waals surface area (Å²) in [4.78, 5) is 54.8. The maximum Gasteiger partial charge on any atom is 0.238 e. The van der Waals surface area contributed by atoms with Crippen LogP contribution in [0.5, 0.6) is 11.5 Å². The minimum absolute atomic E-state index is 0.102. The lowest BCUT2D eigenvalue weighted by Crippen LogP contribution is -2.32. The van der Waals surface area contributed by atoms with Crippen molar-refractivity contribution in [3.05, 3.63) is 72.8 Å². The Bertz CT molecular complexity index is 1270. The molecule has 0 unspecified atom stereocenters. The number of amides is 4. The minimum atomic E-state index is -0.225. The van der Waals surface area contributed by atoms with Gasteiger partial charge in [0.25, 0.3) is 0 Å². The number of hydrogen-bond donors (Lipinski definition) is 0. The van der Waals surface area contributed by atoms with Gasteiger partial charge in [-0.15, -0.1) is 0 Å². The van der Waals surface area contributed by atoms with Gasteiger partial charge in [0.15, 0.2) is 0 Å². The van der Waals surface area contributed by atoms with Crippen molar-refractivity contribution in [3.63, 3.8) is 0 Å². The lowest BCUT2D eigenvalue weighted by Gasteiger charge is -2.18. The van der Waals surface area contributed by atoms with Crippen LogP contribution in [0.1, 0.15) is 12.8 Å². The van der Waals surface area contributed by atoms with Crippen LogP contribution in [0, 0.1) is 47.3 Å². The molecule has 4 amide bonds. The van der Waals surface area contributed by atoms with Crippen LogP contribution in [-0.4, -0.2) is 23.6 Å². The number of carbonyl (C=O) groups is 4. The monoisotopic (exact) mass is 492 g/mol. The summed E-state index contributed by atoms with van der Waals surface area (Å²) in [7, 11) is 0. The van der Waals surface area contributed by atoms with E-state index < -0.39 is 0 Å².